The highest BCUT2D eigenvalue weighted by Crippen LogP contribution is 2.21. The molecule has 0 N–H and O–H groups in total. The summed E-state index contributed by atoms with van der Waals surface area (Å²) in [6, 6.07) is 8.36. The number of epoxide rings is 1. The molecule has 0 bridgehead atoms. The molecule has 0 spiro atoms. The molecule has 1 fully saturated rings. The molecule has 1 heterocycles. The summed E-state index contributed by atoms with van der Waals surface area (Å²) in [4.78, 5) is 0. The van der Waals surface area contributed by atoms with Crippen LogP contribution in [0.5, 0.6) is 5.75 Å². The van der Waals surface area contributed by atoms with Crippen molar-refractivity contribution in [1.29, 1.82) is 0 Å². The van der Waals surface area contributed by atoms with Crippen molar-refractivity contribution in [3.05, 3.63) is 42.0 Å². The highest BCUT2D eigenvalue weighted by atomic mass is 16.6. The van der Waals surface area contributed by atoms with Gasteiger partial charge in [0, 0.05) is 0 Å². The molecule has 1 unspecified atom stereocenters. The first-order chi connectivity index (χ1) is 13.4. The highest BCUT2D eigenvalue weighted by Gasteiger charge is 2.23. The monoisotopic (exact) mass is 372 g/mol. The first-order valence-corrected chi connectivity index (χ1v) is 11.4. The summed E-state index contributed by atoms with van der Waals surface area (Å²) < 4.78 is 11.1. The summed E-state index contributed by atoms with van der Waals surface area (Å²) >= 11 is 0. The van der Waals surface area contributed by atoms with Gasteiger partial charge in [-0.1, -0.05) is 101 Å². The standard InChI is InChI=1S/C25H40O2/c1-2-3-4-5-6-7-8-9-10-11-12-13-14-15-18-23-19-16-17-20-25(23)27-22-24-21-26-24/h14-17,19-20,24H,2-13,18,21-22H2,1H3/b15-14+. The molecule has 1 atom stereocenters. The zero-order valence-electron chi connectivity index (χ0n) is 17.5. The van der Waals surface area contributed by atoms with E-state index in [9.17, 15) is 0 Å². The quantitative estimate of drug-likeness (QED) is 0.163. The minimum absolute atomic E-state index is 0.314. The predicted molar refractivity (Wildman–Crippen MR) is 116 cm³/mol. The Kier molecular flexibility index (Phi) is 12.0. The molecule has 2 nitrogen and oxygen atoms in total. The molecular formula is C25H40O2. The second-order valence-electron chi connectivity index (χ2n) is 7.87. The van der Waals surface area contributed by atoms with Gasteiger partial charge in [0.1, 0.15) is 18.5 Å². The average molecular weight is 373 g/mol. The molecule has 1 aromatic rings. The van der Waals surface area contributed by atoms with E-state index in [1.54, 1.807) is 0 Å². The first kappa shape index (κ1) is 22.0. The fourth-order valence-corrected chi connectivity index (χ4v) is 3.41. The highest BCUT2D eigenvalue weighted by molar-refractivity contribution is 5.34. The van der Waals surface area contributed by atoms with Gasteiger partial charge in [-0.25, -0.2) is 0 Å². The summed E-state index contributed by atoms with van der Waals surface area (Å²) in [5.74, 6) is 1.01. The molecule has 2 heteroatoms. The van der Waals surface area contributed by atoms with Gasteiger partial charge in [-0.05, 0) is 30.9 Å². The van der Waals surface area contributed by atoms with E-state index in [4.69, 9.17) is 9.47 Å². The largest absolute Gasteiger partial charge is 0.490 e. The summed E-state index contributed by atoms with van der Waals surface area (Å²) in [7, 11) is 0. The van der Waals surface area contributed by atoms with Gasteiger partial charge in [0.2, 0.25) is 0 Å². The van der Waals surface area contributed by atoms with Gasteiger partial charge in [0.25, 0.3) is 0 Å². The number of ether oxygens (including phenoxy) is 2. The number of rotatable bonds is 17. The zero-order valence-corrected chi connectivity index (χ0v) is 17.5. The van der Waals surface area contributed by atoms with Crippen LogP contribution in [0.15, 0.2) is 36.4 Å². The molecule has 0 amide bonds. The van der Waals surface area contributed by atoms with Crippen LogP contribution in [0.2, 0.25) is 0 Å². The van der Waals surface area contributed by atoms with Gasteiger partial charge in [-0.3, -0.25) is 0 Å². The van der Waals surface area contributed by atoms with Gasteiger partial charge >= 0.3 is 0 Å². The van der Waals surface area contributed by atoms with Crippen molar-refractivity contribution < 1.29 is 9.47 Å². The van der Waals surface area contributed by atoms with E-state index in [1.807, 2.05) is 6.07 Å². The van der Waals surface area contributed by atoms with Crippen LogP contribution in [0, 0.1) is 0 Å². The Balaban J connectivity index is 1.44. The third-order valence-electron chi connectivity index (χ3n) is 5.28. The van der Waals surface area contributed by atoms with Gasteiger partial charge in [-0.15, -0.1) is 0 Å². The minimum atomic E-state index is 0.314. The Bertz CT molecular complexity index is 505. The molecule has 0 radical (unpaired) electrons. The predicted octanol–water partition coefficient (Wildman–Crippen LogP) is 7.26. The topological polar surface area (TPSA) is 21.8 Å². The van der Waals surface area contributed by atoms with Crippen molar-refractivity contribution in [2.45, 2.75) is 96.5 Å². The number of para-hydroxylation sites is 1. The van der Waals surface area contributed by atoms with E-state index in [0.717, 1.165) is 18.8 Å². The molecule has 1 aliphatic rings. The lowest BCUT2D eigenvalue weighted by atomic mass is 10.0. The number of allylic oxidation sites excluding steroid dienone is 2. The Morgan fingerprint density at radius 2 is 1.52 bits per heavy atom. The van der Waals surface area contributed by atoms with Crippen LogP contribution in [-0.4, -0.2) is 19.3 Å². The maximum Gasteiger partial charge on any atom is 0.122 e. The van der Waals surface area contributed by atoms with Crippen molar-refractivity contribution in [3.63, 3.8) is 0 Å². The molecule has 1 saturated heterocycles. The summed E-state index contributed by atoms with van der Waals surface area (Å²) in [6.07, 6.45) is 22.6. The fraction of sp³-hybridized carbons (Fsp3) is 0.680. The number of benzene rings is 1. The van der Waals surface area contributed by atoms with Crippen LogP contribution in [0.3, 0.4) is 0 Å². The summed E-state index contributed by atoms with van der Waals surface area (Å²) in [5.41, 5.74) is 1.27. The molecule has 152 valence electrons. The van der Waals surface area contributed by atoms with Gasteiger partial charge < -0.3 is 9.47 Å². The Morgan fingerprint density at radius 1 is 0.889 bits per heavy atom. The maximum atomic E-state index is 5.87. The normalized spacial score (nSPS) is 16.1. The van der Waals surface area contributed by atoms with E-state index < -0.39 is 0 Å². The van der Waals surface area contributed by atoms with Gasteiger partial charge in [0.05, 0.1) is 6.61 Å². The van der Waals surface area contributed by atoms with E-state index in [0.29, 0.717) is 12.7 Å². The van der Waals surface area contributed by atoms with Crippen LogP contribution in [0.25, 0.3) is 0 Å². The number of hydrogen-bond donors (Lipinski definition) is 0. The second-order valence-corrected chi connectivity index (χ2v) is 7.87. The molecule has 27 heavy (non-hydrogen) atoms. The minimum Gasteiger partial charge on any atom is -0.490 e. The molecular weight excluding hydrogens is 332 g/mol. The average Bonchev–Trinajstić information content (AvgIpc) is 3.52. The molecule has 1 aromatic carbocycles. The van der Waals surface area contributed by atoms with Crippen LogP contribution in [-0.2, 0) is 11.2 Å². The SMILES string of the molecule is CCCCCCCCCCCCC/C=C/Cc1ccccc1OCC1CO1. The summed E-state index contributed by atoms with van der Waals surface area (Å²) in [6.45, 7) is 3.81. The van der Waals surface area contributed by atoms with Crippen LogP contribution in [0.4, 0.5) is 0 Å². The molecule has 0 saturated carbocycles. The van der Waals surface area contributed by atoms with E-state index >= 15 is 0 Å². The van der Waals surface area contributed by atoms with Crippen LogP contribution < -0.4 is 4.74 Å². The molecule has 0 aliphatic carbocycles. The Labute approximate surface area is 167 Å². The number of hydrogen-bond acceptors (Lipinski definition) is 2. The lowest BCUT2D eigenvalue weighted by Crippen LogP contribution is -2.05. The van der Waals surface area contributed by atoms with Crippen molar-refractivity contribution in [2.24, 2.45) is 0 Å². The summed E-state index contributed by atoms with van der Waals surface area (Å²) in [5, 5.41) is 0. The van der Waals surface area contributed by atoms with E-state index in [1.165, 1.54) is 82.6 Å². The van der Waals surface area contributed by atoms with Gasteiger partial charge in [0.15, 0.2) is 0 Å². The van der Waals surface area contributed by atoms with E-state index in [2.05, 4.69) is 37.3 Å². The smallest absolute Gasteiger partial charge is 0.122 e. The molecule has 1 aliphatic heterocycles. The zero-order chi connectivity index (χ0) is 19.0. The maximum absolute atomic E-state index is 5.87. The third-order valence-corrected chi connectivity index (χ3v) is 5.28. The third kappa shape index (κ3) is 11.2. The van der Waals surface area contributed by atoms with Crippen molar-refractivity contribution in [1.82, 2.24) is 0 Å². The number of unbranched alkanes of at least 4 members (excludes halogenated alkanes) is 11. The van der Waals surface area contributed by atoms with Crippen molar-refractivity contribution >= 4 is 0 Å². The Hall–Kier alpha value is -1.28. The Morgan fingerprint density at radius 3 is 2.19 bits per heavy atom. The lowest BCUT2D eigenvalue weighted by molar-refractivity contribution is 0.261. The van der Waals surface area contributed by atoms with E-state index in [-0.39, 0.29) is 0 Å². The van der Waals surface area contributed by atoms with Crippen LogP contribution >= 0.6 is 0 Å². The fourth-order valence-electron chi connectivity index (χ4n) is 3.41. The lowest BCUT2D eigenvalue weighted by Gasteiger charge is -2.08. The van der Waals surface area contributed by atoms with Crippen molar-refractivity contribution in [2.75, 3.05) is 13.2 Å². The molecule has 0 aromatic heterocycles. The second kappa shape index (κ2) is 14.7. The van der Waals surface area contributed by atoms with Crippen LogP contribution in [0.1, 0.15) is 89.5 Å². The first-order valence-electron chi connectivity index (χ1n) is 11.4. The van der Waals surface area contributed by atoms with Gasteiger partial charge in [-0.2, -0.15) is 0 Å². The van der Waals surface area contributed by atoms with Crippen molar-refractivity contribution in [3.8, 4) is 5.75 Å². The molecule has 2 rings (SSSR count).